The number of carbonyl (C=O) groups excluding carboxylic acids is 1. The minimum absolute atomic E-state index is 0.312. The number of hydrogen-bond acceptors (Lipinski definition) is 4. The zero-order valence-corrected chi connectivity index (χ0v) is 9.44. The Morgan fingerprint density at radius 1 is 1.67 bits per heavy atom. The van der Waals surface area contributed by atoms with E-state index in [1.54, 1.807) is 27.8 Å². The molecule has 1 atom stereocenters. The van der Waals surface area contributed by atoms with Crippen molar-refractivity contribution in [1.82, 2.24) is 9.78 Å². The summed E-state index contributed by atoms with van der Waals surface area (Å²) in [5, 5.41) is 13.6. The maximum absolute atomic E-state index is 11.6. The summed E-state index contributed by atoms with van der Waals surface area (Å²) < 4.78 is 6.42. The van der Waals surface area contributed by atoms with E-state index in [0.29, 0.717) is 23.6 Å². The molecule has 1 heterocycles. The fraction of sp³-hybridized carbons (Fsp3) is 0.600. The summed E-state index contributed by atoms with van der Waals surface area (Å²) in [6.07, 6.45) is -0.740. The van der Waals surface area contributed by atoms with Gasteiger partial charge in [-0.2, -0.15) is 5.10 Å². The van der Waals surface area contributed by atoms with Crippen molar-refractivity contribution in [2.45, 2.75) is 26.9 Å². The fourth-order valence-corrected chi connectivity index (χ4v) is 1.61. The van der Waals surface area contributed by atoms with Crippen molar-refractivity contribution in [3.8, 4) is 0 Å². The van der Waals surface area contributed by atoms with Gasteiger partial charge >= 0.3 is 5.97 Å². The summed E-state index contributed by atoms with van der Waals surface area (Å²) in [7, 11) is 1.69. The molecule has 0 spiro atoms. The van der Waals surface area contributed by atoms with Crippen LogP contribution < -0.4 is 0 Å². The molecule has 1 aromatic heterocycles. The molecule has 1 unspecified atom stereocenters. The predicted octanol–water partition coefficient (Wildman–Crippen LogP) is 0.959. The molecule has 0 fully saturated rings. The van der Waals surface area contributed by atoms with Gasteiger partial charge in [-0.1, -0.05) is 0 Å². The van der Waals surface area contributed by atoms with Crippen molar-refractivity contribution in [2.24, 2.45) is 7.05 Å². The summed E-state index contributed by atoms with van der Waals surface area (Å²) >= 11 is 0. The number of aromatic nitrogens is 2. The van der Waals surface area contributed by atoms with Crippen LogP contribution in [0.5, 0.6) is 0 Å². The van der Waals surface area contributed by atoms with Gasteiger partial charge in [-0.05, 0) is 20.8 Å². The lowest BCUT2D eigenvalue weighted by Crippen LogP contribution is -2.11. The SMILES string of the molecule is CCOC(=O)c1c(C)nn(C)c1C(C)O. The molecule has 84 valence electrons. The molecule has 0 amide bonds. The summed E-state index contributed by atoms with van der Waals surface area (Å²) in [5.74, 6) is -0.431. The standard InChI is InChI=1S/C10H16N2O3/c1-5-15-10(14)8-6(2)11-12(4)9(8)7(3)13/h7,13H,5H2,1-4H3. The first-order valence-corrected chi connectivity index (χ1v) is 4.87. The van der Waals surface area contributed by atoms with Crippen LogP contribution in [0, 0.1) is 6.92 Å². The van der Waals surface area contributed by atoms with Crippen molar-refractivity contribution in [2.75, 3.05) is 6.61 Å². The van der Waals surface area contributed by atoms with Crippen LogP contribution >= 0.6 is 0 Å². The second kappa shape index (κ2) is 4.44. The van der Waals surface area contributed by atoms with Crippen molar-refractivity contribution >= 4 is 5.97 Å². The molecule has 0 radical (unpaired) electrons. The number of rotatable bonds is 3. The molecule has 0 saturated carbocycles. The fourth-order valence-electron chi connectivity index (χ4n) is 1.61. The second-order valence-electron chi connectivity index (χ2n) is 3.37. The zero-order valence-electron chi connectivity index (χ0n) is 9.44. The van der Waals surface area contributed by atoms with Crippen LogP contribution in [0.1, 0.15) is 41.7 Å². The molecule has 5 heteroatoms. The van der Waals surface area contributed by atoms with Gasteiger partial charge in [0.2, 0.25) is 0 Å². The van der Waals surface area contributed by atoms with Crippen LogP contribution in [-0.2, 0) is 11.8 Å². The van der Waals surface area contributed by atoms with E-state index >= 15 is 0 Å². The third kappa shape index (κ3) is 2.18. The largest absolute Gasteiger partial charge is 0.462 e. The Bertz CT molecular complexity index is 369. The monoisotopic (exact) mass is 212 g/mol. The molecule has 1 N–H and O–H groups in total. The van der Waals surface area contributed by atoms with Gasteiger partial charge in [-0.15, -0.1) is 0 Å². The van der Waals surface area contributed by atoms with Crippen molar-refractivity contribution in [3.63, 3.8) is 0 Å². The lowest BCUT2D eigenvalue weighted by Gasteiger charge is -2.08. The first-order valence-electron chi connectivity index (χ1n) is 4.87. The normalized spacial score (nSPS) is 12.6. The lowest BCUT2D eigenvalue weighted by molar-refractivity contribution is 0.0518. The Balaban J connectivity index is 3.20. The first-order chi connectivity index (χ1) is 6.99. The Hall–Kier alpha value is -1.36. The number of ether oxygens (including phenoxy) is 1. The van der Waals surface area contributed by atoms with E-state index in [4.69, 9.17) is 4.74 Å². The maximum atomic E-state index is 11.6. The van der Waals surface area contributed by atoms with Crippen molar-refractivity contribution in [3.05, 3.63) is 17.0 Å². The zero-order chi connectivity index (χ0) is 11.6. The molecule has 0 saturated heterocycles. The molecule has 15 heavy (non-hydrogen) atoms. The highest BCUT2D eigenvalue weighted by Gasteiger charge is 2.23. The first kappa shape index (κ1) is 11.7. The number of nitrogens with zero attached hydrogens (tertiary/aromatic N) is 2. The molecule has 0 aliphatic rings. The molecule has 5 nitrogen and oxygen atoms in total. The minimum atomic E-state index is -0.740. The van der Waals surface area contributed by atoms with E-state index < -0.39 is 12.1 Å². The topological polar surface area (TPSA) is 64.3 Å². The predicted molar refractivity (Wildman–Crippen MR) is 54.5 cm³/mol. The van der Waals surface area contributed by atoms with Crippen LogP contribution in [-0.4, -0.2) is 27.5 Å². The molecule has 1 rings (SSSR count). The summed E-state index contributed by atoms with van der Waals surface area (Å²) in [6.45, 7) is 5.37. The van der Waals surface area contributed by atoms with E-state index in [0.717, 1.165) is 0 Å². The Morgan fingerprint density at radius 2 is 2.27 bits per heavy atom. The molecular formula is C10H16N2O3. The average Bonchev–Trinajstić information content (AvgIpc) is 2.41. The van der Waals surface area contributed by atoms with Gasteiger partial charge in [0.05, 0.1) is 24.1 Å². The van der Waals surface area contributed by atoms with Crippen LogP contribution in [0.3, 0.4) is 0 Å². The highest BCUT2D eigenvalue weighted by molar-refractivity contribution is 5.92. The molecule has 0 aliphatic heterocycles. The Morgan fingerprint density at radius 3 is 2.73 bits per heavy atom. The van der Waals surface area contributed by atoms with E-state index in [1.807, 2.05) is 0 Å². The molecule has 0 aliphatic carbocycles. The van der Waals surface area contributed by atoms with Gasteiger partial charge in [-0.25, -0.2) is 4.79 Å². The molecular weight excluding hydrogens is 196 g/mol. The highest BCUT2D eigenvalue weighted by atomic mass is 16.5. The lowest BCUT2D eigenvalue weighted by atomic mass is 10.1. The number of carbonyl (C=O) groups is 1. The van der Waals surface area contributed by atoms with Gasteiger partial charge in [0, 0.05) is 7.05 Å². The minimum Gasteiger partial charge on any atom is -0.462 e. The van der Waals surface area contributed by atoms with Crippen molar-refractivity contribution in [1.29, 1.82) is 0 Å². The second-order valence-corrected chi connectivity index (χ2v) is 3.37. The summed E-state index contributed by atoms with van der Waals surface area (Å²) in [4.78, 5) is 11.6. The number of aliphatic hydroxyl groups is 1. The Labute approximate surface area is 88.7 Å². The molecule has 0 aromatic carbocycles. The quantitative estimate of drug-likeness (QED) is 0.758. The van der Waals surface area contributed by atoms with Gasteiger partial charge in [0.25, 0.3) is 0 Å². The highest BCUT2D eigenvalue weighted by Crippen LogP contribution is 2.21. The third-order valence-corrected chi connectivity index (χ3v) is 2.14. The van der Waals surface area contributed by atoms with Gasteiger partial charge in [0.15, 0.2) is 0 Å². The van der Waals surface area contributed by atoms with E-state index in [2.05, 4.69) is 5.10 Å². The average molecular weight is 212 g/mol. The van der Waals surface area contributed by atoms with E-state index in [9.17, 15) is 9.90 Å². The third-order valence-electron chi connectivity index (χ3n) is 2.14. The summed E-state index contributed by atoms with van der Waals surface area (Å²) in [5.41, 5.74) is 1.44. The van der Waals surface area contributed by atoms with E-state index in [1.165, 1.54) is 4.68 Å². The maximum Gasteiger partial charge on any atom is 0.342 e. The van der Waals surface area contributed by atoms with Gasteiger partial charge < -0.3 is 9.84 Å². The van der Waals surface area contributed by atoms with E-state index in [-0.39, 0.29) is 0 Å². The van der Waals surface area contributed by atoms with Crippen LogP contribution in [0.25, 0.3) is 0 Å². The number of hydrogen-bond donors (Lipinski definition) is 1. The summed E-state index contributed by atoms with van der Waals surface area (Å²) in [6, 6.07) is 0. The number of aryl methyl sites for hydroxylation is 2. The Kier molecular flexibility index (Phi) is 3.47. The molecule has 0 bridgehead atoms. The van der Waals surface area contributed by atoms with Gasteiger partial charge in [-0.3, -0.25) is 4.68 Å². The van der Waals surface area contributed by atoms with Gasteiger partial charge in [0.1, 0.15) is 5.56 Å². The van der Waals surface area contributed by atoms with Crippen LogP contribution in [0.4, 0.5) is 0 Å². The van der Waals surface area contributed by atoms with Crippen molar-refractivity contribution < 1.29 is 14.6 Å². The van der Waals surface area contributed by atoms with Crippen LogP contribution in [0.15, 0.2) is 0 Å². The van der Waals surface area contributed by atoms with Crippen LogP contribution in [0.2, 0.25) is 0 Å². The molecule has 1 aromatic rings. The smallest absolute Gasteiger partial charge is 0.342 e. The number of aliphatic hydroxyl groups excluding tert-OH is 1. The number of esters is 1.